The highest BCUT2D eigenvalue weighted by molar-refractivity contribution is 7.91. The van der Waals surface area contributed by atoms with Gasteiger partial charge >= 0.3 is 6.18 Å². The van der Waals surface area contributed by atoms with Gasteiger partial charge in [0.1, 0.15) is 4.21 Å². The first-order valence-electron chi connectivity index (χ1n) is 12.1. The topological polar surface area (TPSA) is 78.5 Å². The van der Waals surface area contributed by atoms with Gasteiger partial charge in [-0.2, -0.15) is 17.5 Å². The van der Waals surface area contributed by atoms with Crippen molar-refractivity contribution in [2.75, 3.05) is 13.1 Å². The van der Waals surface area contributed by atoms with Crippen LogP contribution in [0.4, 0.5) is 13.2 Å². The SMILES string of the molecule is O=C(NCc1ccc(S(=O)(=O)N2CCCCC2CNCc2ccc(C(F)(F)F)cc2)s1)c1ccc(Cl)cc1. The summed E-state index contributed by atoms with van der Waals surface area (Å²) < 4.78 is 67.0. The van der Waals surface area contributed by atoms with Crippen molar-refractivity contribution in [3.05, 3.63) is 87.3 Å². The molecule has 2 heterocycles. The molecule has 1 amide bonds. The second-order valence-electron chi connectivity index (χ2n) is 9.00. The molecule has 1 saturated heterocycles. The van der Waals surface area contributed by atoms with Gasteiger partial charge in [-0.05, 0) is 66.9 Å². The van der Waals surface area contributed by atoms with E-state index in [0.29, 0.717) is 47.1 Å². The molecule has 0 aliphatic carbocycles. The van der Waals surface area contributed by atoms with Crippen LogP contribution in [0.2, 0.25) is 5.02 Å². The second-order valence-corrected chi connectivity index (χ2v) is 12.7. The van der Waals surface area contributed by atoms with Gasteiger partial charge in [0.05, 0.1) is 12.1 Å². The molecule has 1 aromatic heterocycles. The van der Waals surface area contributed by atoms with Crippen LogP contribution in [0.1, 0.15) is 45.6 Å². The standard InChI is InChI=1S/C26H27ClF3N3O3S2/c27-21-10-6-19(7-11-21)25(34)32-17-23-12-13-24(37-23)38(35,36)33-14-2-1-3-22(33)16-31-15-18-4-8-20(9-5-18)26(28,29)30/h4-13,22,31H,1-3,14-17H2,(H,32,34). The Bertz CT molecular complexity index is 1340. The summed E-state index contributed by atoms with van der Waals surface area (Å²) in [7, 11) is -3.74. The van der Waals surface area contributed by atoms with E-state index in [4.69, 9.17) is 11.6 Å². The molecule has 12 heteroatoms. The lowest BCUT2D eigenvalue weighted by Gasteiger charge is -2.34. The van der Waals surface area contributed by atoms with Crippen molar-refractivity contribution < 1.29 is 26.4 Å². The molecular formula is C26H27ClF3N3O3S2. The highest BCUT2D eigenvalue weighted by Gasteiger charge is 2.34. The monoisotopic (exact) mass is 585 g/mol. The summed E-state index contributed by atoms with van der Waals surface area (Å²) in [5, 5.41) is 6.52. The summed E-state index contributed by atoms with van der Waals surface area (Å²) in [6.07, 6.45) is -2.05. The first kappa shape index (κ1) is 28.6. The zero-order chi connectivity index (χ0) is 27.3. The van der Waals surface area contributed by atoms with Crippen LogP contribution in [0, 0.1) is 0 Å². The maximum atomic E-state index is 13.5. The number of sulfonamides is 1. The largest absolute Gasteiger partial charge is 0.416 e. The second kappa shape index (κ2) is 12.2. The number of carbonyl (C=O) groups is 1. The fourth-order valence-corrected chi connectivity index (χ4v) is 7.51. The summed E-state index contributed by atoms with van der Waals surface area (Å²) in [5.41, 5.74) is 0.441. The number of hydrogen-bond acceptors (Lipinski definition) is 5. The third-order valence-electron chi connectivity index (χ3n) is 6.29. The molecule has 38 heavy (non-hydrogen) atoms. The molecule has 204 valence electrons. The van der Waals surface area contributed by atoms with Gasteiger partial charge in [0.25, 0.3) is 15.9 Å². The number of nitrogens with zero attached hydrogens (tertiary/aromatic N) is 1. The van der Waals surface area contributed by atoms with E-state index in [1.807, 2.05) is 0 Å². The van der Waals surface area contributed by atoms with Gasteiger partial charge in [-0.25, -0.2) is 8.42 Å². The van der Waals surface area contributed by atoms with Gasteiger partial charge < -0.3 is 10.6 Å². The molecule has 4 rings (SSSR count). The van der Waals surface area contributed by atoms with Crippen LogP contribution >= 0.6 is 22.9 Å². The van der Waals surface area contributed by atoms with Crippen molar-refractivity contribution in [3.63, 3.8) is 0 Å². The molecule has 3 aromatic rings. The summed E-state index contributed by atoms with van der Waals surface area (Å²) in [4.78, 5) is 13.1. The fourth-order valence-electron chi connectivity index (χ4n) is 4.27. The molecule has 0 spiro atoms. The van der Waals surface area contributed by atoms with E-state index in [2.05, 4.69) is 10.6 Å². The Hall–Kier alpha value is -2.44. The van der Waals surface area contributed by atoms with E-state index in [9.17, 15) is 26.4 Å². The zero-order valence-electron chi connectivity index (χ0n) is 20.3. The number of halogens is 4. The Balaban J connectivity index is 1.35. The molecule has 1 aliphatic heterocycles. The first-order chi connectivity index (χ1) is 18.0. The van der Waals surface area contributed by atoms with E-state index >= 15 is 0 Å². The number of rotatable bonds is 9. The Morgan fingerprint density at radius 1 is 1.00 bits per heavy atom. The molecule has 1 aliphatic rings. The fraction of sp³-hybridized carbons (Fsp3) is 0.346. The number of benzene rings is 2. The van der Waals surface area contributed by atoms with Gasteiger partial charge in [0, 0.05) is 41.1 Å². The van der Waals surface area contributed by atoms with Crippen LogP contribution in [-0.2, 0) is 29.3 Å². The van der Waals surface area contributed by atoms with E-state index in [0.717, 1.165) is 36.3 Å². The van der Waals surface area contributed by atoms with Crippen molar-refractivity contribution in [2.45, 2.75) is 48.8 Å². The van der Waals surface area contributed by atoms with Crippen LogP contribution in [0.3, 0.4) is 0 Å². The van der Waals surface area contributed by atoms with E-state index in [-0.39, 0.29) is 22.7 Å². The minimum absolute atomic E-state index is 0.194. The van der Waals surface area contributed by atoms with Crippen LogP contribution in [-0.4, -0.2) is 37.8 Å². The van der Waals surface area contributed by atoms with Crippen molar-refractivity contribution >= 4 is 38.9 Å². The maximum Gasteiger partial charge on any atom is 0.416 e. The lowest BCUT2D eigenvalue weighted by molar-refractivity contribution is -0.137. The molecule has 2 aromatic carbocycles. The van der Waals surface area contributed by atoms with Gasteiger partial charge in [0.2, 0.25) is 0 Å². The Kier molecular flexibility index (Phi) is 9.15. The van der Waals surface area contributed by atoms with Gasteiger partial charge in [-0.1, -0.05) is 30.2 Å². The molecule has 0 radical (unpaired) electrons. The number of alkyl halides is 3. The number of carbonyl (C=O) groups excluding carboxylic acids is 1. The van der Waals surface area contributed by atoms with Crippen LogP contribution in [0.15, 0.2) is 64.9 Å². The number of hydrogen-bond donors (Lipinski definition) is 2. The first-order valence-corrected chi connectivity index (χ1v) is 14.7. The number of piperidine rings is 1. The van der Waals surface area contributed by atoms with E-state index in [1.54, 1.807) is 36.4 Å². The maximum absolute atomic E-state index is 13.5. The molecule has 1 unspecified atom stereocenters. The minimum atomic E-state index is -4.38. The number of nitrogens with one attached hydrogen (secondary N) is 2. The number of amides is 1. The Morgan fingerprint density at radius 3 is 2.39 bits per heavy atom. The van der Waals surface area contributed by atoms with Crippen LogP contribution in [0.25, 0.3) is 0 Å². The molecule has 2 N–H and O–H groups in total. The molecule has 1 atom stereocenters. The summed E-state index contributed by atoms with van der Waals surface area (Å²) >= 11 is 6.98. The van der Waals surface area contributed by atoms with Crippen molar-refractivity contribution in [1.29, 1.82) is 0 Å². The highest BCUT2D eigenvalue weighted by Crippen LogP contribution is 2.31. The van der Waals surface area contributed by atoms with Crippen molar-refractivity contribution in [1.82, 2.24) is 14.9 Å². The average Bonchev–Trinajstić information content (AvgIpc) is 3.38. The molecule has 6 nitrogen and oxygen atoms in total. The zero-order valence-corrected chi connectivity index (χ0v) is 22.7. The predicted molar refractivity (Wildman–Crippen MR) is 142 cm³/mol. The van der Waals surface area contributed by atoms with Crippen LogP contribution in [0.5, 0.6) is 0 Å². The third kappa shape index (κ3) is 7.15. The number of thiophene rings is 1. The summed E-state index contributed by atoms with van der Waals surface area (Å²) in [6.45, 7) is 1.31. The Morgan fingerprint density at radius 2 is 1.71 bits per heavy atom. The minimum Gasteiger partial charge on any atom is -0.347 e. The highest BCUT2D eigenvalue weighted by atomic mass is 35.5. The van der Waals surface area contributed by atoms with Crippen molar-refractivity contribution in [2.24, 2.45) is 0 Å². The quantitative estimate of drug-likeness (QED) is 0.339. The third-order valence-corrected chi connectivity index (χ3v) is 10.0. The van der Waals surface area contributed by atoms with Gasteiger partial charge in [-0.3, -0.25) is 4.79 Å². The van der Waals surface area contributed by atoms with Crippen LogP contribution < -0.4 is 10.6 Å². The average molecular weight is 586 g/mol. The smallest absolute Gasteiger partial charge is 0.347 e. The van der Waals surface area contributed by atoms with E-state index in [1.165, 1.54) is 16.4 Å². The summed E-state index contributed by atoms with van der Waals surface area (Å²) in [6, 6.07) is 14.4. The predicted octanol–water partition coefficient (Wildman–Crippen LogP) is 5.68. The van der Waals surface area contributed by atoms with E-state index < -0.39 is 21.8 Å². The molecule has 0 bridgehead atoms. The van der Waals surface area contributed by atoms with Gasteiger partial charge in [-0.15, -0.1) is 11.3 Å². The van der Waals surface area contributed by atoms with Gasteiger partial charge in [0.15, 0.2) is 0 Å². The molecular weight excluding hydrogens is 559 g/mol. The molecule has 1 fully saturated rings. The Labute approximate surface area is 228 Å². The lowest BCUT2D eigenvalue weighted by Crippen LogP contribution is -2.48. The van der Waals surface area contributed by atoms with Crippen molar-refractivity contribution in [3.8, 4) is 0 Å². The lowest BCUT2D eigenvalue weighted by atomic mass is 10.0. The normalized spacial score (nSPS) is 16.9. The molecule has 0 saturated carbocycles. The summed E-state index contributed by atoms with van der Waals surface area (Å²) in [5.74, 6) is -0.283.